The fourth-order valence-electron chi connectivity index (χ4n) is 1.95. The first-order valence-corrected chi connectivity index (χ1v) is 7.01. The van der Waals surface area contributed by atoms with Gasteiger partial charge in [0.05, 0.1) is 12.8 Å². The number of hydrogen-bond acceptors (Lipinski definition) is 4. The van der Waals surface area contributed by atoms with Gasteiger partial charge in [0.15, 0.2) is 6.10 Å². The van der Waals surface area contributed by atoms with Gasteiger partial charge >= 0.3 is 0 Å². The largest absolute Gasteiger partial charge is 0.495 e. The Balaban J connectivity index is 2.12. The van der Waals surface area contributed by atoms with Crippen LogP contribution in [0, 0.1) is 0 Å². The lowest BCUT2D eigenvalue weighted by Gasteiger charge is -2.16. The third-order valence-corrected chi connectivity index (χ3v) is 3.17. The van der Waals surface area contributed by atoms with Crippen LogP contribution in [0.5, 0.6) is 11.5 Å². The molecular formula is C17H18N2O4. The van der Waals surface area contributed by atoms with E-state index in [2.05, 4.69) is 5.32 Å². The zero-order valence-electron chi connectivity index (χ0n) is 12.9. The number of anilines is 1. The maximum atomic E-state index is 12.3. The zero-order chi connectivity index (χ0) is 16.8. The van der Waals surface area contributed by atoms with Crippen LogP contribution in [0.25, 0.3) is 0 Å². The summed E-state index contributed by atoms with van der Waals surface area (Å²) in [6, 6.07) is 13.6. The molecule has 2 aromatic carbocycles. The Morgan fingerprint density at radius 3 is 2.43 bits per heavy atom. The molecule has 0 saturated carbocycles. The molecule has 120 valence electrons. The van der Waals surface area contributed by atoms with Crippen LogP contribution < -0.4 is 20.5 Å². The third kappa shape index (κ3) is 4.23. The van der Waals surface area contributed by atoms with E-state index < -0.39 is 12.0 Å². The number of carbonyl (C=O) groups excluding carboxylic acids is 2. The van der Waals surface area contributed by atoms with Crippen molar-refractivity contribution in [2.24, 2.45) is 5.73 Å². The highest BCUT2D eigenvalue weighted by Gasteiger charge is 2.17. The van der Waals surface area contributed by atoms with Crippen molar-refractivity contribution in [1.29, 1.82) is 0 Å². The highest BCUT2D eigenvalue weighted by Crippen LogP contribution is 2.25. The number of methoxy groups -OCH3 is 1. The average Bonchev–Trinajstić information content (AvgIpc) is 2.55. The van der Waals surface area contributed by atoms with E-state index in [-0.39, 0.29) is 11.5 Å². The molecule has 0 heterocycles. The molecule has 0 spiro atoms. The van der Waals surface area contributed by atoms with Crippen molar-refractivity contribution in [3.8, 4) is 11.5 Å². The van der Waals surface area contributed by atoms with E-state index >= 15 is 0 Å². The van der Waals surface area contributed by atoms with E-state index in [1.807, 2.05) is 18.2 Å². The molecule has 2 aromatic rings. The molecule has 0 aliphatic rings. The van der Waals surface area contributed by atoms with Crippen LogP contribution >= 0.6 is 0 Å². The van der Waals surface area contributed by atoms with Crippen molar-refractivity contribution in [1.82, 2.24) is 0 Å². The maximum Gasteiger partial charge on any atom is 0.265 e. The number of carbonyl (C=O) groups is 2. The van der Waals surface area contributed by atoms with E-state index in [0.29, 0.717) is 17.2 Å². The predicted molar refractivity (Wildman–Crippen MR) is 86.7 cm³/mol. The SMILES string of the molecule is COc1ccc(C(N)=O)cc1NC(=O)C(C)Oc1ccccc1. The minimum absolute atomic E-state index is 0.276. The molecule has 0 aliphatic carbocycles. The zero-order valence-corrected chi connectivity index (χ0v) is 12.9. The molecular weight excluding hydrogens is 296 g/mol. The summed E-state index contributed by atoms with van der Waals surface area (Å²) < 4.78 is 10.7. The van der Waals surface area contributed by atoms with Gasteiger partial charge in [-0.2, -0.15) is 0 Å². The van der Waals surface area contributed by atoms with Crippen LogP contribution in [0.2, 0.25) is 0 Å². The number of hydrogen-bond donors (Lipinski definition) is 2. The quantitative estimate of drug-likeness (QED) is 0.855. The van der Waals surface area contributed by atoms with Gasteiger partial charge in [-0.3, -0.25) is 9.59 Å². The normalized spacial score (nSPS) is 11.4. The van der Waals surface area contributed by atoms with Crippen LogP contribution in [0.3, 0.4) is 0 Å². The summed E-state index contributed by atoms with van der Waals surface area (Å²) in [5.74, 6) is 0.0637. The van der Waals surface area contributed by atoms with Crippen LogP contribution in [0.1, 0.15) is 17.3 Å². The summed E-state index contributed by atoms with van der Waals surface area (Å²) >= 11 is 0. The molecule has 6 nitrogen and oxygen atoms in total. The summed E-state index contributed by atoms with van der Waals surface area (Å²) in [7, 11) is 1.47. The molecule has 0 fully saturated rings. The molecule has 0 aliphatic heterocycles. The lowest BCUT2D eigenvalue weighted by molar-refractivity contribution is -0.122. The van der Waals surface area contributed by atoms with Gasteiger partial charge in [-0.1, -0.05) is 18.2 Å². The molecule has 3 N–H and O–H groups in total. The molecule has 1 atom stereocenters. The van der Waals surface area contributed by atoms with Gasteiger partial charge in [0.1, 0.15) is 11.5 Å². The molecule has 0 radical (unpaired) electrons. The summed E-state index contributed by atoms with van der Waals surface area (Å²) in [4.78, 5) is 23.5. The van der Waals surface area contributed by atoms with Gasteiger partial charge in [-0.25, -0.2) is 0 Å². The second-order valence-electron chi connectivity index (χ2n) is 4.84. The van der Waals surface area contributed by atoms with Crippen molar-refractivity contribution in [2.75, 3.05) is 12.4 Å². The van der Waals surface area contributed by atoms with Crippen molar-refractivity contribution >= 4 is 17.5 Å². The fraction of sp³-hybridized carbons (Fsp3) is 0.176. The lowest BCUT2D eigenvalue weighted by atomic mass is 10.1. The Kier molecular flexibility index (Phi) is 5.19. The Morgan fingerprint density at radius 2 is 1.83 bits per heavy atom. The van der Waals surface area contributed by atoms with Crippen LogP contribution in [-0.2, 0) is 4.79 Å². The topological polar surface area (TPSA) is 90.6 Å². The number of primary amides is 1. The number of para-hydroxylation sites is 1. The molecule has 0 saturated heterocycles. The number of ether oxygens (including phenoxy) is 2. The van der Waals surface area contributed by atoms with Crippen LogP contribution in [0.15, 0.2) is 48.5 Å². The lowest BCUT2D eigenvalue weighted by Crippen LogP contribution is -2.30. The second kappa shape index (κ2) is 7.31. The standard InChI is InChI=1S/C17H18N2O4/c1-11(23-13-6-4-3-5-7-13)17(21)19-14-10-12(16(18)20)8-9-15(14)22-2/h3-11H,1-2H3,(H2,18,20)(H,19,21). The van der Waals surface area contributed by atoms with E-state index in [1.165, 1.54) is 19.2 Å². The third-order valence-electron chi connectivity index (χ3n) is 3.17. The summed E-state index contributed by atoms with van der Waals surface area (Å²) in [6.45, 7) is 1.63. The van der Waals surface area contributed by atoms with Crippen molar-refractivity contribution < 1.29 is 19.1 Å². The molecule has 1 unspecified atom stereocenters. The highest BCUT2D eigenvalue weighted by atomic mass is 16.5. The minimum atomic E-state index is -0.723. The van der Waals surface area contributed by atoms with E-state index in [9.17, 15) is 9.59 Å². The number of nitrogens with one attached hydrogen (secondary N) is 1. The van der Waals surface area contributed by atoms with Gasteiger partial charge in [0.25, 0.3) is 5.91 Å². The summed E-state index contributed by atoms with van der Waals surface area (Å²) in [5, 5.41) is 2.68. The number of rotatable bonds is 6. The Bertz CT molecular complexity index is 701. The van der Waals surface area contributed by atoms with Gasteiger partial charge < -0.3 is 20.5 Å². The molecule has 0 bridgehead atoms. The van der Waals surface area contributed by atoms with Crippen LogP contribution in [0.4, 0.5) is 5.69 Å². The minimum Gasteiger partial charge on any atom is -0.495 e. The highest BCUT2D eigenvalue weighted by molar-refractivity contribution is 5.99. The maximum absolute atomic E-state index is 12.3. The second-order valence-corrected chi connectivity index (χ2v) is 4.84. The predicted octanol–water partition coefficient (Wildman–Crippen LogP) is 2.20. The molecule has 6 heteroatoms. The first-order chi connectivity index (χ1) is 11.0. The monoisotopic (exact) mass is 314 g/mol. The number of amides is 2. The smallest absolute Gasteiger partial charge is 0.265 e. The molecule has 0 aromatic heterocycles. The Hall–Kier alpha value is -3.02. The first-order valence-electron chi connectivity index (χ1n) is 7.01. The first kappa shape index (κ1) is 16.4. The van der Waals surface area contributed by atoms with Crippen LogP contribution in [-0.4, -0.2) is 25.0 Å². The number of benzene rings is 2. The van der Waals surface area contributed by atoms with E-state index in [1.54, 1.807) is 25.1 Å². The van der Waals surface area contributed by atoms with E-state index in [0.717, 1.165) is 0 Å². The van der Waals surface area contributed by atoms with Crippen molar-refractivity contribution in [2.45, 2.75) is 13.0 Å². The Labute approximate surface area is 134 Å². The average molecular weight is 314 g/mol. The van der Waals surface area contributed by atoms with Crippen molar-refractivity contribution in [3.05, 3.63) is 54.1 Å². The Morgan fingerprint density at radius 1 is 1.13 bits per heavy atom. The molecule has 2 rings (SSSR count). The molecule has 23 heavy (non-hydrogen) atoms. The number of nitrogens with two attached hydrogens (primary N) is 1. The summed E-state index contributed by atoms with van der Waals surface area (Å²) in [6.07, 6.45) is -0.723. The van der Waals surface area contributed by atoms with Gasteiger partial charge in [0.2, 0.25) is 5.91 Å². The van der Waals surface area contributed by atoms with E-state index in [4.69, 9.17) is 15.2 Å². The summed E-state index contributed by atoms with van der Waals surface area (Å²) in [5.41, 5.74) is 5.88. The van der Waals surface area contributed by atoms with Gasteiger partial charge in [-0.05, 0) is 37.3 Å². The van der Waals surface area contributed by atoms with Crippen molar-refractivity contribution in [3.63, 3.8) is 0 Å². The molecule has 2 amide bonds. The van der Waals surface area contributed by atoms with Gasteiger partial charge in [0, 0.05) is 5.56 Å². The van der Waals surface area contributed by atoms with Gasteiger partial charge in [-0.15, -0.1) is 0 Å². The fourth-order valence-corrected chi connectivity index (χ4v) is 1.95.